The van der Waals surface area contributed by atoms with Crippen LogP contribution in [-0.2, 0) is 16.1 Å². The molecule has 0 bridgehead atoms. The van der Waals surface area contributed by atoms with E-state index in [9.17, 15) is 9.59 Å². The second-order valence-electron chi connectivity index (χ2n) is 3.68. The van der Waals surface area contributed by atoms with Crippen molar-refractivity contribution in [3.8, 4) is 0 Å². The van der Waals surface area contributed by atoms with Gasteiger partial charge in [0.2, 0.25) is 5.91 Å². The number of aliphatic carboxylic acids is 1. The van der Waals surface area contributed by atoms with Crippen LogP contribution in [0.2, 0.25) is 0 Å². The number of carboxylic acids is 1. The lowest BCUT2D eigenvalue weighted by Gasteiger charge is -2.09. The second kappa shape index (κ2) is 3.38. The van der Waals surface area contributed by atoms with Crippen molar-refractivity contribution >= 4 is 11.9 Å². The highest BCUT2D eigenvalue weighted by Gasteiger charge is 2.56. The zero-order chi connectivity index (χ0) is 10.9. The lowest BCUT2D eigenvalue weighted by Crippen LogP contribution is -2.36. The van der Waals surface area contributed by atoms with Gasteiger partial charge in [-0.25, -0.2) is 0 Å². The van der Waals surface area contributed by atoms with Gasteiger partial charge in [-0.2, -0.15) is 5.10 Å². The molecule has 1 aromatic rings. The summed E-state index contributed by atoms with van der Waals surface area (Å²) in [6.07, 6.45) is 4.10. The van der Waals surface area contributed by atoms with Crippen LogP contribution in [0, 0.1) is 5.41 Å². The third-order valence-corrected chi connectivity index (χ3v) is 2.60. The Morgan fingerprint density at radius 2 is 2.33 bits per heavy atom. The van der Waals surface area contributed by atoms with Gasteiger partial charge in [-0.1, -0.05) is 0 Å². The molecule has 6 heteroatoms. The van der Waals surface area contributed by atoms with Crippen LogP contribution in [0.25, 0.3) is 0 Å². The van der Waals surface area contributed by atoms with Gasteiger partial charge in [0.05, 0.1) is 6.20 Å². The number of rotatable bonds is 4. The molecule has 3 N–H and O–H groups in total. The minimum atomic E-state index is -1.16. The minimum absolute atomic E-state index is 0.310. The number of aromatic nitrogens is 2. The number of hydrogen-bond acceptors (Lipinski definition) is 3. The summed E-state index contributed by atoms with van der Waals surface area (Å²) >= 11 is 0. The summed E-state index contributed by atoms with van der Waals surface area (Å²) in [7, 11) is 0. The summed E-state index contributed by atoms with van der Waals surface area (Å²) in [4.78, 5) is 22.3. The van der Waals surface area contributed by atoms with Gasteiger partial charge in [-0.05, 0) is 12.8 Å². The number of nitrogens with one attached hydrogen (secondary N) is 2. The summed E-state index contributed by atoms with van der Waals surface area (Å²) < 4.78 is 0. The van der Waals surface area contributed by atoms with Crippen LogP contribution in [0.5, 0.6) is 0 Å². The van der Waals surface area contributed by atoms with Crippen molar-refractivity contribution in [2.75, 3.05) is 0 Å². The van der Waals surface area contributed by atoms with E-state index in [-0.39, 0.29) is 0 Å². The summed E-state index contributed by atoms with van der Waals surface area (Å²) in [5.41, 5.74) is -0.339. The SMILES string of the molecule is O=C(O)C1(C(=O)NCc2cn[nH]c2)CC1. The van der Waals surface area contributed by atoms with Crippen LogP contribution in [0.15, 0.2) is 12.4 Å². The van der Waals surface area contributed by atoms with Crippen LogP contribution in [-0.4, -0.2) is 27.2 Å². The molecule has 1 saturated carbocycles. The molecule has 1 aliphatic carbocycles. The Labute approximate surface area is 85.7 Å². The molecule has 0 saturated heterocycles. The maximum Gasteiger partial charge on any atom is 0.319 e. The van der Waals surface area contributed by atoms with Crippen molar-refractivity contribution in [3.05, 3.63) is 18.0 Å². The fourth-order valence-corrected chi connectivity index (χ4v) is 1.39. The van der Waals surface area contributed by atoms with E-state index in [0.29, 0.717) is 19.4 Å². The van der Waals surface area contributed by atoms with E-state index in [1.807, 2.05) is 0 Å². The highest BCUT2D eigenvalue weighted by Crippen LogP contribution is 2.46. The first-order chi connectivity index (χ1) is 7.15. The molecule has 1 aromatic heterocycles. The van der Waals surface area contributed by atoms with E-state index in [2.05, 4.69) is 15.5 Å². The Bertz CT molecular complexity index is 381. The number of amides is 1. The number of carbonyl (C=O) groups excluding carboxylic acids is 1. The van der Waals surface area contributed by atoms with Crippen molar-refractivity contribution in [3.63, 3.8) is 0 Å². The number of H-pyrrole nitrogens is 1. The van der Waals surface area contributed by atoms with Crippen molar-refractivity contribution in [2.45, 2.75) is 19.4 Å². The van der Waals surface area contributed by atoms with E-state index in [0.717, 1.165) is 5.56 Å². The number of nitrogens with zero attached hydrogens (tertiary/aromatic N) is 1. The maximum absolute atomic E-state index is 11.5. The van der Waals surface area contributed by atoms with Crippen LogP contribution in [0.4, 0.5) is 0 Å². The molecular formula is C9H11N3O3. The van der Waals surface area contributed by atoms with Gasteiger partial charge in [-0.15, -0.1) is 0 Å². The topological polar surface area (TPSA) is 95.1 Å². The summed E-state index contributed by atoms with van der Waals surface area (Å²) in [5, 5.41) is 17.8. The summed E-state index contributed by atoms with van der Waals surface area (Å²) in [6, 6.07) is 0. The van der Waals surface area contributed by atoms with Crippen molar-refractivity contribution in [1.29, 1.82) is 0 Å². The standard InChI is InChI=1S/C9H11N3O3/c13-7(9(1-2-9)8(14)15)10-3-6-4-11-12-5-6/h4-5H,1-3H2,(H,10,13)(H,11,12)(H,14,15). The van der Waals surface area contributed by atoms with Gasteiger partial charge in [0.25, 0.3) is 0 Å². The molecule has 1 amide bonds. The Balaban J connectivity index is 1.91. The van der Waals surface area contributed by atoms with Crippen LogP contribution in [0.3, 0.4) is 0 Å². The zero-order valence-electron chi connectivity index (χ0n) is 7.99. The molecule has 2 rings (SSSR count). The molecule has 80 valence electrons. The predicted molar refractivity (Wildman–Crippen MR) is 49.7 cm³/mol. The van der Waals surface area contributed by atoms with E-state index < -0.39 is 17.3 Å². The average Bonchev–Trinajstić information content (AvgIpc) is 2.87. The monoisotopic (exact) mass is 209 g/mol. The smallest absolute Gasteiger partial charge is 0.319 e. The van der Waals surface area contributed by atoms with Gasteiger partial charge in [0, 0.05) is 18.3 Å². The highest BCUT2D eigenvalue weighted by atomic mass is 16.4. The molecule has 1 heterocycles. The van der Waals surface area contributed by atoms with Crippen molar-refractivity contribution in [1.82, 2.24) is 15.5 Å². The molecule has 0 unspecified atom stereocenters. The number of aromatic amines is 1. The van der Waals surface area contributed by atoms with Crippen molar-refractivity contribution < 1.29 is 14.7 Å². The largest absolute Gasteiger partial charge is 0.480 e. The number of carboxylic acid groups (broad SMARTS) is 1. The average molecular weight is 209 g/mol. The molecule has 0 spiro atoms. The third-order valence-electron chi connectivity index (χ3n) is 2.60. The maximum atomic E-state index is 11.5. The summed E-state index contributed by atoms with van der Waals surface area (Å²) in [6.45, 7) is 0.310. The number of hydrogen-bond donors (Lipinski definition) is 3. The van der Waals surface area contributed by atoms with E-state index in [4.69, 9.17) is 5.11 Å². The minimum Gasteiger partial charge on any atom is -0.480 e. The van der Waals surface area contributed by atoms with Gasteiger partial charge in [0.15, 0.2) is 0 Å². The third kappa shape index (κ3) is 1.70. The lowest BCUT2D eigenvalue weighted by atomic mass is 10.1. The molecule has 15 heavy (non-hydrogen) atoms. The van der Waals surface area contributed by atoms with E-state index in [1.54, 1.807) is 12.4 Å². The fourth-order valence-electron chi connectivity index (χ4n) is 1.39. The second-order valence-corrected chi connectivity index (χ2v) is 3.68. The first-order valence-corrected chi connectivity index (χ1v) is 4.64. The molecule has 0 atom stereocenters. The molecule has 0 aromatic carbocycles. The predicted octanol–water partition coefficient (Wildman–Crippen LogP) is -0.109. The lowest BCUT2D eigenvalue weighted by molar-refractivity contribution is -0.149. The first-order valence-electron chi connectivity index (χ1n) is 4.64. The van der Waals surface area contributed by atoms with Gasteiger partial charge in [0.1, 0.15) is 5.41 Å². The first kappa shape index (κ1) is 9.70. The van der Waals surface area contributed by atoms with Crippen LogP contribution >= 0.6 is 0 Å². The fraction of sp³-hybridized carbons (Fsp3) is 0.444. The highest BCUT2D eigenvalue weighted by molar-refractivity contribution is 6.04. The van der Waals surface area contributed by atoms with Crippen LogP contribution < -0.4 is 5.32 Å². The Kier molecular flexibility index (Phi) is 2.18. The Morgan fingerprint density at radius 1 is 1.60 bits per heavy atom. The quantitative estimate of drug-likeness (QED) is 0.603. The molecule has 1 aliphatic rings. The van der Waals surface area contributed by atoms with Crippen LogP contribution in [0.1, 0.15) is 18.4 Å². The molecule has 0 radical (unpaired) electrons. The zero-order valence-corrected chi connectivity index (χ0v) is 7.99. The van der Waals surface area contributed by atoms with Gasteiger partial charge < -0.3 is 10.4 Å². The molecule has 0 aliphatic heterocycles. The normalized spacial score (nSPS) is 17.1. The van der Waals surface area contributed by atoms with E-state index in [1.165, 1.54) is 0 Å². The van der Waals surface area contributed by atoms with Gasteiger partial charge >= 0.3 is 5.97 Å². The summed E-state index contributed by atoms with van der Waals surface area (Å²) in [5.74, 6) is -1.44. The van der Waals surface area contributed by atoms with E-state index >= 15 is 0 Å². The van der Waals surface area contributed by atoms with Crippen molar-refractivity contribution in [2.24, 2.45) is 5.41 Å². The van der Waals surface area contributed by atoms with Gasteiger partial charge in [-0.3, -0.25) is 14.7 Å². The molecular weight excluding hydrogens is 198 g/mol. The molecule has 6 nitrogen and oxygen atoms in total. The number of carbonyl (C=O) groups is 2. The Hall–Kier alpha value is -1.85. The molecule has 1 fully saturated rings. The Morgan fingerprint density at radius 3 is 2.80 bits per heavy atom.